The van der Waals surface area contributed by atoms with Gasteiger partial charge in [0.2, 0.25) is 11.7 Å². The highest BCUT2D eigenvalue weighted by Gasteiger charge is 2.40. The molecule has 1 atom stereocenters. The van der Waals surface area contributed by atoms with E-state index in [0.29, 0.717) is 34.6 Å². The second-order valence-corrected chi connectivity index (χ2v) is 9.72. The fourth-order valence-corrected chi connectivity index (χ4v) is 5.07. The van der Waals surface area contributed by atoms with Crippen LogP contribution in [0, 0.1) is 17.2 Å². The molecule has 0 bridgehead atoms. The summed E-state index contributed by atoms with van der Waals surface area (Å²) in [5, 5.41) is 13.8. The van der Waals surface area contributed by atoms with Crippen molar-refractivity contribution in [1.82, 2.24) is 19.9 Å². The Kier molecular flexibility index (Phi) is 6.03. The number of rotatable bonds is 6. The zero-order chi connectivity index (χ0) is 24.7. The maximum Gasteiger partial charge on any atom is 0.258 e. The van der Waals surface area contributed by atoms with Gasteiger partial charge in [-0.05, 0) is 56.0 Å². The van der Waals surface area contributed by atoms with Crippen LogP contribution in [0.1, 0.15) is 43.0 Å². The Morgan fingerprint density at radius 1 is 1.26 bits per heavy atom. The van der Waals surface area contributed by atoms with E-state index < -0.39 is 0 Å². The summed E-state index contributed by atoms with van der Waals surface area (Å²) in [7, 11) is 3.63. The minimum atomic E-state index is -0.0254. The monoisotopic (exact) mass is 471 g/mol. The molecule has 3 aromatic rings. The third-order valence-electron chi connectivity index (χ3n) is 6.76. The molecule has 1 aliphatic heterocycles. The van der Waals surface area contributed by atoms with Gasteiger partial charge >= 0.3 is 0 Å². The molecule has 0 N–H and O–H groups in total. The van der Waals surface area contributed by atoms with Crippen molar-refractivity contribution in [3.63, 3.8) is 0 Å². The van der Waals surface area contributed by atoms with Gasteiger partial charge in [0.15, 0.2) is 0 Å². The van der Waals surface area contributed by atoms with Crippen molar-refractivity contribution in [2.24, 2.45) is 5.92 Å². The first-order valence-corrected chi connectivity index (χ1v) is 12.0. The van der Waals surface area contributed by atoms with Crippen LogP contribution in [0.3, 0.4) is 0 Å². The lowest BCUT2D eigenvalue weighted by Gasteiger charge is -2.43. The van der Waals surface area contributed by atoms with E-state index >= 15 is 0 Å². The maximum atomic E-state index is 12.2. The number of benzene rings is 2. The number of ether oxygens (including phenoxy) is 1. The number of amides is 1. The molecule has 2 heterocycles. The Balaban J connectivity index is 1.37. The Labute approximate surface area is 205 Å². The van der Waals surface area contributed by atoms with Crippen molar-refractivity contribution in [3.05, 3.63) is 53.1 Å². The van der Waals surface area contributed by atoms with E-state index in [1.165, 1.54) is 11.1 Å². The molecule has 1 aromatic heterocycles. The van der Waals surface area contributed by atoms with E-state index in [2.05, 4.69) is 27.2 Å². The van der Waals surface area contributed by atoms with Crippen LogP contribution in [0.4, 0.5) is 0 Å². The lowest BCUT2D eigenvalue weighted by Crippen LogP contribution is -2.54. The summed E-state index contributed by atoms with van der Waals surface area (Å²) >= 11 is 0. The highest BCUT2D eigenvalue weighted by Crippen LogP contribution is 2.43. The van der Waals surface area contributed by atoms with E-state index in [4.69, 9.17) is 9.26 Å². The number of nitriles is 1. The van der Waals surface area contributed by atoms with Crippen molar-refractivity contribution in [1.29, 1.82) is 5.26 Å². The average molecular weight is 472 g/mol. The standard InChI is InChI=1S/C27H29N5O3/c1-16(2)34-24-11-8-17(12-18(24)13-28)26-29-25(30-35-26)22-7-5-6-21-20(22)9-10-23(21)32-14-19(15-32)27(33)31(3)4/h5-8,11-12,16,19,23H,9-10,14-15H2,1-4H3/t23-/m0/s1. The average Bonchev–Trinajstić information content (AvgIpc) is 3.46. The summed E-state index contributed by atoms with van der Waals surface area (Å²) in [6, 6.07) is 14.1. The molecule has 2 aliphatic rings. The molecule has 1 aliphatic carbocycles. The molecule has 0 saturated carbocycles. The van der Waals surface area contributed by atoms with Crippen LogP contribution in [0.2, 0.25) is 0 Å². The first-order valence-electron chi connectivity index (χ1n) is 12.0. The summed E-state index contributed by atoms with van der Waals surface area (Å²) < 4.78 is 11.3. The number of fused-ring (bicyclic) bond motifs is 1. The molecular formula is C27H29N5O3. The molecule has 0 unspecified atom stereocenters. The first kappa shape index (κ1) is 23.1. The Morgan fingerprint density at radius 2 is 2.06 bits per heavy atom. The summed E-state index contributed by atoms with van der Waals surface area (Å²) in [6.45, 7) is 5.45. The van der Waals surface area contributed by atoms with Gasteiger partial charge in [-0.3, -0.25) is 9.69 Å². The van der Waals surface area contributed by atoms with Gasteiger partial charge < -0.3 is 14.2 Å². The molecule has 35 heavy (non-hydrogen) atoms. The second-order valence-electron chi connectivity index (χ2n) is 9.72. The largest absolute Gasteiger partial charge is 0.490 e. The van der Waals surface area contributed by atoms with Crippen LogP contribution in [0.25, 0.3) is 22.8 Å². The Morgan fingerprint density at radius 3 is 2.77 bits per heavy atom. The third-order valence-corrected chi connectivity index (χ3v) is 6.76. The molecule has 1 amide bonds. The van der Waals surface area contributed by atoms with Crippen LogP contribution in [0.15, 0.2) is 40.9 Å². The van der Waals surface area contributed by atoms with Crippen LogP contribution < -0.4 is 4.74 Å². The van der Waals surface area contributed by atoms with Gasteiger partial charge in [-0.15, -0.1) is 0 Å². The number of aromatic nitrogens is 2. The lowest BCUT2D eigenvalue weighted by atomic mass is 9.93. The molecule has 180 valence electrons. The lowest BCUT2D eigenvalue weighted by molar-refractivity contribution is -0.139. The minimum Gasteiger partial charge on any atom is -0.490 e. The smallest absolute Gasteiger partial charge is 0.258 e. The van der Waals surface area contributed by atoms with Crippen LogP contribution >= 0.6 is 0 Å². The highest BCUT2D eigenvalue weighted by atomic mass is 16.5. The Hall–Kier alpha value is -3.70. The number of hydrogen-bond acceptors (Lipinski definition) is 7. The quantitative estimate of drug-likeness (QED) is 0.535. The van der Waals surface area contributed by atoms with Gasteiger partial charge in [-0.1, -0.05) is 23.4 Å². The molecule has 5 rings (SSSR count). The van der Waals surface area contributed by atoms with Crippen molar-refractivity contribution >= 4 is 5.91 Å². The molecule has 1 saturated heterocycles. The molecule has 0 spiro atoms. The SMILES string of the molecule is CC(C)Oc1ccc(-c2nc(-c3cccc4c3CC[C@@H]4N3CC(C(=O)N(C)C)C3)no2)cc1C#N. The Bertz CT molecular complexity index is 1300. The van der Waals surface area contributed by atoms with Gasteiger partial charge in [0.25, 0.3) is 5.89 Å². The van der Waals surface area contributed by atoms with Crippen molar-refractivity contribution in [3.8, 4) is 34.7 Å². The molecule has 8 nitrogen and oxygen atoms in total. The van der Waals surface area contributed by atoms with E-state index in [0.717, 1.165) is 31.5 Å². The van der Waals surface area contributed by atoms with Crippen molar-refractivity contribution in [2.75, 3.05) is 27.2 Å². The zero-order valence-electron chi connectivity index (χ0n) is 20.5. The van der Waals surface area contributed by atoms with Crippen molar-refractivity contribution < 1.29 is 14.1 Å². The predicted molar refractivity (Wildman–Crippen MR) is 130 cm³/mol. The second kappa shape index (κ2) is 9.16. The molecule has 1 fully saturated rings. The molecule has 2 aromatic carbocycles. The van der Waals surface area contributed by atoms with Gasteiger partial charge in [0, 0.05) is 44.4 Å². The molecule has 0 radical (unpaired) electrons. The first-order chi connectivity index (χ1) is 16.9. The highest BCUT2D eigenvalue weighted by molar-refractivity contribution is 5.79. The number of hydrogen-bond donors (Lipinski definition) is 0. The predicted octanol–water partition coefficient (Wildman–Crippen LogP) is 4.07. The molecular weight excluding hydrogens is 442 g/mol. The van der Waals surface area contributed by atoms with Gasteiger partial charge in [0.05, 0.1) is 17.6 Å². The normalized spacial score (nSPS) is 17.7. The van der Waals surface area contributed by atoms with E-state index in [1.807, 2.05) is 46.1 Å². The van der Waals surface area contributed by atoms with Gasteiger partial charge in [-0.25, -0.2) is 0 Å². The number of carbonyl (C=O) groups is 1. The van der Waals surface area contributed by atoms with Crippen LogP contribution in [-0.4, -0.2) is 59.1 Å². The van der Waals surface area contributed by atoms with Gasteiger partial charge in [0.1, 0.15) is 11.8 Å². The van der Waals surface area contributed by atoms with Crippen LogP contribution in [0.5, 0.6) is 5.75 Å². The number of likely N-dealkylation sites (tertiary alicyclic amines) is 1. The molecule has 8 heteroatoms. The fraction of sp³-hybridized carbons (Fsp3) is 0.407. The number of carbonyl (C=O) groups excluding carboxylic acids is 1. The zero-order valence-corrected chi connectivity index (χ0v) is 20.5. The maximum absolute atomic E-state index is 12.2. The topological polar surface area (TPSA) is 95.5 Å². The van der Waals surface area contributed by atoms with Crippen LogP contribution in [-0.2, 0) is 11.2 Å². The van der Waals surface area contributed by atoms with E-state index in [9.17, 15) is 10.1 Å². The van der Waals surface area contributed by atoms with Gasteiger partial charge in [-0.2, -0.15) is 10.2 Å². The summed E-state index contributed by atoms with van der Waals surface area (Å²) in [5.41, 5.74) is 4.61. The summed E-state index contributed by atoms with van der Waals surface area (Å²) in [4.78, 5) is 21.0. The van der Waals surface area contributed by atoms with Crippen molar-refractivity contribution in [2.45, 2.75) is 38.8 Å². The number of nitrogens with zero attached hydrogens (tertiary/aromatic N) is 5. The summed E-state index contributed by atoms with van der Waals surface area (Å²) in [6.07, 6.45) is 1.92. The van der Waals surface area contributed by atoms with E-state index in [1.54, 1.807) is 17.0 Å². The summed E-state index contributed by atoms with van der Waals surface area (Å²) in [5.74, 6) is 1.75. The fourth-order valence-electron chi connectivity index (χ4n) is 5.07. The third kappa shape index (κ3) is 4.28. The van der Waals surface area contributed by atoms with E-state index in [-0.39, 0.29) is 17.9 Å². The minimum absolute atomic E-state index is 0.0254.